The lowest BCUT2D eigenvalue weighted by Crippen LogP contribution is -2.47. The van der Waals surface area contributed by atoms with Crippen LogP contribution in [0.2, 0.25) is 0 Å². The zero-order valence-corrected chi connectivity index (χ0v) is 10.5. The maximum atomic E-state index is 10.2. The van der Waals surface area contributed by atoms with E-state index in [1.54, 1.807) is 0 Å². The summed E-state index contributed by atoms with van der Waals surface area (Å²) >= 11 is 1.99. The van der Waals surface area contributed by atoms with Crippen LogP contribution >= 0.6 is 11.8 Å². The van der Waals surface area contributed by atoms with Gasteiger partial charge in [-0.25, -0.2) is 0 Å². The Balaban J connectivity index is 1.80. The first-order chi connectivity index (χ1) is 7.27. The van der Waals surface area contributed by atoms with Crippen molar-refractivity contribution in [3.05, 3.63) is 0 Å². The summed E-state index contributed by atoms with van der Waals surface area (Å²) < 4.78 is 0. The molecule has 3 heteroatoms. The molecule has 2 fully saturated rings. The van der Waals surface area contributed by atoms with Crippen molar-refractivity contribution in [2.75, 3.05) is 25.1 Å². The normalized spacial score (nSPS) is 32.0. The fourth-order valence-electron chi connectivity index (χ4n) is 2.86. The van der Waals surface area contributed by atoms with E-state index in [0.29, 0.717) is 6.04 Å². The van der Waals surface area contributed by atoms with Crippen LogP contribution in [0.3, 0.4) is 0 Å². The van der Waals surface area contributed by atoms with Gasteiger partial charge in [0.2, 0.25) is 0 Å². The quantitative estimate of drug-likeness (QED) is 0.800. The third-order valence-corrected chi connectivity index (χ3v) is 4.99. The van der Waals surface area contributed by atoms with Gasteiger partial charge in [0.1, 0.15) is 0 Å². The molecule has 2 nitrogen and oxygen atoms in total. The van der Waals surface area contributed by atoms with E-state index in [0.717, 1.165) is 24.6 Å². The Morgan fingerprint density at radius 1 is 1.40 bits per heavy atom. The third kappa shape index (κ3) is 3.11. The highest BCUT2D eigenvalue weighted by Crippen LogP contribution is 2.30. The van der Waals surface area contributed by atoms with Gasteiger partial charge in [0.15, 0.2) is 0 Å². The number of nitrogens with zero attached hydrogens (tertiary/aromatic N) is 1. The lowest BCUT2D eigenvalue weighted by Gasteiger charge is -2.36. The highest BCUT2D eigenvalue weighted by Gasteiger charge is 2.29. The Kier molecular flexibility index (Phi) is 4.35. The van der Waals surface area contributed by atoms with Crippen LogP contribution in [0.5, 0.6) is 0 Å². The summed E-state index contributed by atoms with van der Waals surface area (Å²) in [5, 5.41) is 10.2. The molecule has 1 saturated heterocycles. The molecule has 0 radical (unpaired) electrons. The van der Waals surface area contributed by atoms with Crippen LogP contribution in [-0.4, -0.2) is 47.3 Å². The number of hydrogen-bond acceptors (Lipinski definition) is 3. The fraction of sp³-hybridized carbons (Fsp3) is 1.00. The zero-order chi connectivity index (χ0) is 10.7. The Labute approximate surface area is 97.4 Å². The number of thioether (sulfide) groups is 1. The van der Waals surface area contributed by atoms with Gasteiger partial charge in [-0.1, -0.05) is 25.7 Å². The minimum Gasteiger partial charge on any atom is -0.391 e. The van der Waals surface area contributed by atoms with Gasteiger partial charge in [0, 0.05) is 24.1 Å². The van der Waals surface area contributed by atoms with Crippen molar-refractivity contribution >= 4 is 11.8 Å². The molecule has 2 atom stereocenters. The Morgan fingerprint density at radius 3 is 2.80 bits per heavy atom. The number of likely N-dealkylation sites (N-methyl/N-ethyl adjacent to an activating group) is 1. The van der Waals surface area contributed by atoms with Gasteiger partial charge < -0.3 is 5.11 Å². The molecule has 1 N–H and O–H groups in total. The summed E-state index contributed by atoms with van der Waals surface area (Å²) in [6.07, 6.45) is 6.40. The minimum atomic E-state index is -0.0918. The number of aliphatic hydroxyl groups excluding tert-OH is 1. The van der Waals surface area contributed by atoms with Crippen molar-refractivity contribution in [1.82, 2.24) is 4.90 Å². The van der Waals surface area contributed by atoms with Gasteiger partial charge in [0.25, 0.3) is 0 Å². The maximum Gasteiger partial charge on any atom is 0.0705 e. The standard InChI is InChI=1S/C12H23NOS/c1-13-6-7-15-9-11(13)12(14)8-10-4-2-3-5-10/h10-12,14H,2-9H2,1H3. The van der Waals surface area contributed by atoms with E-state index in [-0.39, 0.29) is 6.10 Å². The average Bonchev–Trinajstić information content (AvgIpc) is 2.71. The molecule has 1 saturated carbocycles. The van der Waals surface area contributed by atoms with Crippen molar-refractivity contribution in [2.45, 2.75) is 44.2 Å². The van der Waals surface area contributed by atoms with Gasteiger partial charge in [0.05, 0.1) is 6.10 Å². The molecule has 1 aliphatic carbocycles. The maximum absolute atomic E-state index is 10.2. The molecular weight excluding hydrogens is 206 g/mol. The number of aliphatic hydroxyl groups is 1. The van der Waals surface area contributed by atoms with Gasteiger partial charge in [-0.3, -0.25) is 4.90 Å². The third-order valence-electron chi connectivity index (χ3n) is 3.94. The second kappa shape index (κ2) is 5.55. The molecule has 0 aromatic carbocycles. The molecule has 0 amide bonds. The number of hydrogen-bond donors (Lipinski definition) is 1. The van der Waals surface area contributed by atoms with Crippen LogP contribution in [-0.2, 0) is 0 Å². The van der Waals surface area contributed by atoms with Crippen molar-refractivity contribution < 1.29 is 5.11 Å². The van der Waals surface area contributed by atoms with Crippen LogP contribution in [0, 0.1) is 5.92 Å². The molecule has 2 unspecified atom stereocenters. The molecule has 2 rings (SSSR count). The summed E-state index contributed by atoms with van der Waals surface area (Å²) in [5.74, 6) is 3.15. The Morgan fingerprint density at radius 2 is 2.13 bits per heavy atom. The van der Waals surface area contributed by atoms with Crippen LogP contribution in [0.25, 0.3) is 0 Å². The number of rotatable bonds is 3. The average molecular weight is 229 g/mol. The van der Waals surface area contributed by atoms with E-state index >= 15 is 0 Å². The summed E-state index contributed by atoms with van der Waals surface area (Å²) in [4.78, 5) is 2.34. The largest absolute Gasteiger partial charge is 0.391 e. The van der Waals surface area contributed by atoms with Crippen molar-refractivity contribution in [1.29, 1.82) is 0 Å². The summed E-state index contributed by atoms with van der Waals surface area (Å²) in [6, 6.07) is 0.407. The van der Waals surface area contributed by atoms with Crippen LogP contribution in [0.1, 0.15) is 32.1 Å². The predicted molar refractivity (Wildman–Crippen MR) is 66.3 cm³/mol. The van der Waals surface area contributed by atoms with E-state index in [2.05, 4.69) is 11.9 Å². The first-order valence-corrected chi connectivity index (χ1v) is 7.39. The molecule has 1 heterocycles. The highest BCUT2D eigenvalue weighted by molar-refractivity contribution is 7.99. The molecule has 88 valence electrons. The topological polar surface area (TPSA) is 23.5 Å². The fourth-order valence-corrected chi connectivity index (χ4v) is 4.16. The van der Waals surface area contributed by atoms with Gasteiger partial charge >= 0.3 is 0 Å². The van der Waals surface area contributed by atoms with Gasteiger partial charge in [-0.2, -0.15) is 11.8 Å². The van der Waals surface area contributed by atoms with E-state index in [1.807, 2.05) is 11.8 Å². The van der Waals surface area contributed by atoms with Crippen LogP contribution in [0.4, 0.5) is 0 Å². The lowest BCUT2D eigenvalue weighted by atomic mass is 9.96. The lowest BCUT2D eigenvalue weighted by molar-refractivity contribution is 0.0570. The first kappa shape index (κ1) is 11.7. The second-order valence-corrected chi connectivity index (χ2v) is 6.23. The monoisotopic (exact) mass is 229 g/mol. The van der Waals surface area contributed by atoms with E-state index in [1.165, 1.54) is 31.4 Å². The molecule has 0 bridgehead atoms. The summed E-state index contributed by atoms with van der Waals surface area (Å²) in [7, 11) is 2.16. The van der Waals surface area contributed by atoms with Crippen molar-refractivity contribution in [3.63, 3.8) is 0 Å². The molecule has 15 heavy (non-hydrogen) atoms. The molecule has 0 aromatic rings. The molecule has 2 aliphatic rings. The highest BCUT2D eigenvalue weighted by atomic mass is 32.2. The SMILES string of the molecule is CN1CCSCC1C(O)CC1CCCC1. The zero-order valence-electron chi connectivity index (χ0n) is 9.69. The van der Waals surface area contributed by atoms with Crippen LogP contribution in [0.15, 0.2) is 0 Å². The van der Waals surface area contributed by atoms with Gasteiger partial charge in [-0.15, -0.1) is 0 Å². The Bertz CT molecular complexity index is 194. The van der Waals surface area contributed by atoms with E-state index < -0.39 is 0 Å². The molecule has 0 aromatic heterocycles. The van der Waals surface area contributed by atoms with E-state index in [4.69, 9.17) is 0 Å². The van der Waals surface area contributed by atoms with Crippen LogP contribution < -0.4 is 0 Å². The first-order valence-electron chi connectivity index (χ1n) is 6.23. The van der Waals surface area contributed by atoms with Crippen molar-refractivity contribution in [3.8, 4) is 0 Å². The van der Waals surface area contributed by atoms with Crippen molar-refractivity contribution in [2.24, 2.45) is 5.92 Å². The van der Waals surface area contributed by atoms with E-state index in [9.17, 15) is 5.11 Å². The molecule has 1 aliphatic heterocycles. The van der Waals surface area contributed by atoms with Gasteiger partial charge in [-0.05, 0) is 19.4 Å². The second-order valence-electron chi connectivity index (χ2n) is 5.08. The summed E-state index contributed by atoms with van der Waals surface area (Å²) in [6.45, 7) is 1.14. The molecule has 0 spiro atoms. The smallest absolute Gasteiger partial charge is 0.0705 e. The predicted octanol–water partition coefficient (Wildman–Crippen LogP) is 1.97. The molecular formula is C12H23NOS. The summed E-state index contributed by atoms with van der Waals surface area (Å²) in [5.41, 5.74) is 0. The Hall–Kier alpha value is 0.270. The minimum absolute atomic E-state index is 0.0918.